The Morgan fingerprint density at radius 2 is 1.81 bits per heavy atom. The first kappa shape index (κ1) is 17.2. The Balaban J connectivity index is 1.48. The molecule has 6 rings (SSSR count). The molecule has 2 aromatic rings. The summed E-state index contributed by atoms with van der Waals surface area (Å²) in [6.45, 7) is 2.90. The summed E-state index contributed by atoms with van der Waals surface area (Å²) in [5.41, 5.74) is 0.776. The van der Waals surface area contributed by atoms with Gasteiger partial charge in [-0.3, -0.25) is 4.79 Å². The molecule has 142 valence electrons. The highest BCUT2D eigenvalue weighted by Gasteiger charge is 2.44. The fourth-order valence-electron chi connectivity index (χ4n) is 5.64. The minimum atomic E-state index is -0.00583. The van der Waals surface area contributed by atoms with E-state index in [1.54, 1.807) is 4.68 Å². The van der Waals surface area contributed by atoms with Gasteiger partial charge in [-0.15, -0.1) is 5.10 Å². The molecule has 5 nitrogen and oxygen atoms in total. The average Bonchev–Trinajstić information content (AvgIpc) is 2.99. The van der Waals surface area contributed by atoms with E-state index in [2.05, 4.69) is 15.0 Å². The molecular formula is C21H25ClN4O. The van der Waals surface area contributed by atoms with Gasteiger partial charge in [-0.25, -0.2) is 9.67 Å². The van der Waals surface area contributed by atoms with E-state index in [9.17, 15) is 4.79 Å². The molecule has 2 saturated heterocycles. The van der Waals surface area contributed by atoms with Crippen molar-refractivity contribution < 1.29 is 4.79 Å². The van der Waals surface area contributed by atoms with Crippen LogP contribution in [0.2, 0.25) is 5.02 Å². The van der Waals surface area contributed by atoms with Gasteiger partial charge in [0.2, 0.25) is 5.82 Å². The van der Waals surface area contributed by atoms with Crippen LogP contribution in [0.3, 0.4) is 0 Å². The standard InChI is InChI=1S/C21H25ClN4O/c1-2-19-23-20(24-26(19)18-6-4-3-5-17(18)22)21(27)25-12-15-8-13-7-14(9-15)11-16(25)10-13/h3-6,13-16H,2,7-12H2,1H3. The normalized spacial score (nSPS) is 29.2. The Morgan fingerprint density at radius 1 is 1.11 bits per heavy atom. The van der Waals surface area contributed by atoms with Crippen molar-refractivity contribution in [3.05, 3.63) is 40.9 Å². The second-order valence-electron chi connectivity index (χ2n) is 8.46. The molecule has 2 aliphatic carbocycles. The fourth-order valence-corrected chi connectivity index (χ4v) is 5.86. The van der Waals surface area contributed by atoms with Crippen LogP contribution in [0.15, 0.2) is 24.3 Å². The van der Waals surface area contributed by atoms with Crippen LogP contribution in [0.1, 0.15) is 55.5 Å². The van der Waals surface area contributed by atoms with Crippen LogP contribution in [-0.2, 0) is 6.42 Å². The topological polar surface area (TPSA) is 51.0 Å². The van der Waals surface area contributed by atoms with Crippen molar-refractivity contribution in [3.63, 3.8) is 0 Å². The van der Waals surface area contributed by atoms with Crippen molar-refractivity contribution in [3.8, 4) is 5.69 Å². The number of nitrogens with zero attached hydrogens (tertiary/aromatic N) is 4. The van der Waals surface area contributed by atoms with Crippen LogP contribution in [0.5, 0.6) is 0 Å². The van der Waals surface area contributed by atoms with Gasteiger partial charge in [0, 0.05) is 19.0 Å². The van der Waals surface area contributed by atoms with Crippen molar-refractivity contribution >= 4 is 17.5 Å². The molecule has 1 aromatic heterocycles. The minimum Gasteiger partial charge on any atom is -0.333 e. The van der Waals surface area contributed by atoms with E-state index in [0.29, 0.717) is 29.2 Å². The van der Waals surface area contributed by atoms with Gasteiger partial charge < -0.3 is 4.90 Å². The lowest BCUT2D eigenvalue weighted by Crippen LogP contribution is -2.42. The van der Waals surface area contributed by atoms with Crippen LogP contribution < -0.4 is 0 Å². The van der Waals surface area contributed by atoms with E-state index < -0.39 is 0 Å². The smallest absolute Gasteiger partial charge is 0.293 e. The Kier molecular flexibility index (Phi) is 4.23. The molecule has 0 radical (unpaired) electrons. The van der Waals surface area contributed by atoms with Gasteiger partial charge in [-0.2, -0.15) is 0 Å². The molecule has 2 unspecified atom stereocenters. The fraction of sp³-hybridized carbons (Fsp3) is 0.571. The van der Waals surface area contributed by atoms with Crippen LogP contribution in [0, 0.1) is 17.8 Å². The van der Waals surface area contributed by atoms with E-state index >= 15 is 0 Å². The number of hydrogen-bond acceptors (Lipinski definition) is 3. The molecule has 4 aliphatic rings. The zero-order valence-corrected chi connectivity index (χ0v) is 16.4. The van der Waals surface area contributed by atoms with Crippen LogP contribution in [0.4, 0.5) is 0 Å². The summed E-state index contributed by atoms with van der Waals surface area (Å²) < 4.78 is 1.73. The van der Waals surface area contributed by atoms with E-state index in [1.165, 1.54) is 19.3 Å². The number of benzene rings is 1. The summed E-state index contributed by atoms with van der Waals surface area (Å²) in [7, 11) is 0. The van der Waals surface area contributed by atoms with Gasteiger partial charge in [0.25, 0.3) is 5.91 Å². The summed E-state index contributed by atoms with van der Waals surface area (Å²) in [5, 5.41) is 5.20. The van der Waals surface area contributed by atoms with Crippen molar-refractivity contribution in [2.24, 2.45) is 17.8 Å². The molecule has 2 saturated carbocycles. The highest BCUT2D eigenvalue weighted by atomic mass is 35.5. The molecular weight excluding hydrogens is 360 g/mol. The Labute approximate surface area is 164 Å². The molecule has 4 fully saturated rings. The lowest BCUT2D eigenvalue weighted by atomic mass is 9.68. The van der Waals surface area contributed by atoms with Crippen molar-refractivity contribution in [2.45, 2.75) is 51.5 Å². The Morgan fingerprint density at radius 3 is 2.52 bits per heavy atom. The SMILES string of the molecule is CCc1nc(C(=O)N2CC3CC4CC(C3)CC2C4)nn1-c1ccccc1Cl. The molecule has 1 amide bonds. The summed E-state index contributed by atoms with van der Waals surface area (Å²) in [4.78, 5) is 20.1. The van der Waals surface area contributed by atoms with Crippen LogP contribution in [-0.4, -0.2) is 38.2 Å². The molecule has 2 atom stereocenters. The highest BCUT2D eigenvalue weighted by molar-refractivity contribution is 6.32. The minimum absolute atomic E-state index is 0.00583. The number of carbonyl (C=O) groups is 1. The predicted octanol–water partition coefficient (Wildman–Crippen LogP) is 4.13. The zero-order chi connectivity index (χ0) is 18.5. The molecule has 4 bridgehead atoms. The van der Waals surface area contributed by atoms with Gasteiger partial charge in [0.05, 0.1) is 10.7 Å². The van der Waals surface area contributed by atoms with E-state index in [4.69, 9.17) is 11.6 Å². The van der Waals surface area contributed by atoms with Crippen LogP contribution >= 0.6 is 11.6 Å². The summed E-state index contributed by atoms with van der Waals surface area (Å²) >= 11 is 6.36. The quantitative estimate of drug-likeness (QED) is 0.799. The third-order valence-electron chi connectivity index (χ3n) is 6.63. The van der Waals surface area contributed by atoms with Crippen molar-refractivity contribution in [2.75, 3.05) is 6.54 Å². The van der Waals surface area contributed by atoms with Crippen molar-refractivity contribution in [1.29, 1.82) is 0 Å². The number of aryl methyl sites for hydroxylation is 1. The number of rotatable bonds is 3. The van der Waals surface area contributed by atoms with E-state index in [1.807, 2.05) is 31.2 Å². The number of carbonyl (C=O) groups excluding carboxylic acids is 1. The second kappa shape index (κ2) is 6.62. The number of aromatic nitrogens is 3. The van der Waals surface area contributed by atoms with E-state index in [0.717, 1.165) is 42.7 Å². The lowest BCUT2D eigenvalue weighted by Gasteiger charge is -2.38. The molecule has 27 heavy (non-hydrogen) atoms. The first-order valence-electron chi connectivity index (χ1n) is 10.1. The molecule has 3 heterocycles. The second-order valence-corrected chi connectivity index (χ2v) is 8.86. The third-order valence-corrected chi connectivity index (χ3v) is 6.95. The lowest BCUT2D eigenvalue weighted by molar-refractivity contribution is 0.0620. The van der Waals surface area contributed by atoms with Gasteiger partial charge in [-0.05, 0) is 62.0 Å². The first-order chi connectivity index (χ1) is 13.1. The largest absolute Gasteiger partial charge is 0.333 e. The maximum Gasteiger partial charge on any atom is 0.293 e. The zero-order valence-electron chi connectivity index (χ0n) is 15.6. The number of hydrogen-bond donors (Lipinski definition) is 0. The molecule has 2 aliphatic heterocycles. The Bertz CT molecular complexity index is 865. The summed E-state index contributed by atoms with van der Waals surface area (Å²) in [5.74, 6) is 3.35. The average molecular weight is 385 g/mol. The highest BCUT2D eigenvalue weighted by Crippen LogP contribution is 2.47. The molecule has 0 spiro atoms. The van der Waals surface area contributed by atoms with Gasteiger partial charge >= 0.3 is 0 Å². The molecule has 6 heteroatoms. The maximum absolute atomic E-state index is 13.4. The third kappa shape index (κ3) is 2.96. The molecule has 1 aromatic carbocycles. The first-order valence-corrected chi connectivity index (χ1v) is 10.5. The monoisotopic (exact) mass is 384 g/mol. The number of amides is 1. The van der Waals surface area contributed by atoms with Gasteiger partial charge in [0.1, 0.15) is 5.82 Å². The van der Waals surface area contributed by atoms with Crippen molar-refractivity contribution in [1.82, 2.24) is 19.7 Å². The van der Waals surface area contributed by atoms with E-state index in [-0.39, 0.29) is 5.91 Å². The number of fused-ring (bicyclic) bond motifs is 1. The Hall–Kier alpha value is -1.88. The number of para-hydroxylation sites is 1. The maximum atomic E-state index is 13.4. The molecule has 0 N–H and O–H groups in total. The summed E-state index contributed by atoms with van der Waals surface area (Å²) in [6, 6.07) is 7.93. The van der Waals surface area contributed by atoms with Gasteiger partial charge in [0.15, 0.2) is 0 Å². The predicted molar refractivity (Wildman–Crippen MR) is 104 cm³/mol. The van der Waals surface area contributed by atoms with Gasteiger partial charge in [-0.1, -0.05) is 30.7 Å². The van der Waals surface area contributed by atoms with Crippen LogP contribution in [0.25, 0.3) is 5.69 Å². The summed E-state index contributed by atoms with van der Waals surface area (Å²) in [6.07, 6.45) is 6.96. The number of halogens is 1.